The molecule has 17 heavy (non-hydrogen) atoms. The van der Waals surface area contributed by atoms with Crippen molar-refractivity contribution in [2.24, 2.45) is 0 Å². The number of aryl methyl sites for hydroxylation is 1. The van der Waals surface area contributed by atoms with Crippen LogP contribution in [0.3, 0.4) is 0 Å². The highest BCUT2D eigenvalue weighted by atomic mass is 19.1. The second-order valence-corrected chi connectivity index (χ2v) is 3.95. The average molecular weight is 227 g/mol. The molecule has 0 radical (unpaired) electrons. The van der Waals surface area contributed by atoms with Crippen molar-refractivity contribution in [1.82, 2.24) is 14.6 Å². The van der Waals surface area contributed by atoms with Gasteiger partial charge in [-0.3, -0.25) is 0 Å². The number of halogens is 1. The van der Waals surface area contributed by atoms with E-state index in [1.165, 1.54) is 12.1 Å². The highest BCUT2D eigenvalue weighted by Crippen LogP contribution is 2.16. The first-order chi connectivity index (χ1) is 8.22. The van der Waals surface area contributed by atoms with Gasteiger partial charge in [0.1, 0.15) is 5.82 Å². The molecule has 0 atom stereocenters. The van der Waals surface area contributed by atoms with Gasteiger partial charge in [-0.25, -0.2) is 13.9 Å². The van der Waals surface area contributed by atoms with Gasteiger partial charge < -0.3 is 0 Å². The highest BCUT2D eigenvalue weighted by Gasteiger charge is 2.06. The van der Waals surface area contributed by atoms with Crippen LogP contribution in [0.1, 0.15) is 5.56 Å². The Hall–Kier alpha value is -2.23. The Balaban J connectivity index is 2.14. The van der Waals surface area contributed by atoms with E-state index in [0.717, 1.165) is 16.8 Å². The van der Waals surface area contributed by atoms with Gasteiger partial charge in [0, 0.05) is 11.8 Å². The van der Waals surface area contributed by atoms with Crippen LogP contribution in [-0.4, -0.2) is 14.6 Å². The minimum absolute atomic E-state index is 0.256. The van der Waals surface area contributed by atoms with E-state index in [1.54, 1.807) is 16.6 Å². The summed E-state index contributed by atoms with van der Waals surface area (Å²) in [6.45, 7) is 2.01. The molecular weight excluding hydrogens is 217 g/mol. The van der Waals surface area contributed by atoms with Crippen molar-refractivity contribution in [2.45, 2.75) is 6.92 Å². The molecule has 0 aliphatic heterocycles. The molecule has 0 saturated heterocycles. The SMILES string of the molecule is Cc1ccn2nc(-c3ccc(F)cc3)nc2c1. The highest BCUT2D eigenvalue weighted by molar-refractivity contribution is 5.58. The molecule has 2 aromatic heterocycles. The van der Waals surface area contributed by atoms with E-state index in [9.17, 15) is 4.39 Å². The smallest absolute Gasteiger partial charge is 0.182 e. The molecule has 3 aromatic rings. The van der Waals surface area contributed by atoms with Gasteiger partial charge in [-0.1, -0.05) is 0 Å². The lowest BCUT2D eigenvalue weighted by atomic mass is 10.2. The molecule has 1 aromatic carbocycles. The third-order valence-electron chi connectivity index (χ3n) is 2.60. The molecule has 0 amide bonds. The lowest BCUT2D eigenvalue weighted by Gasteiger charge is -1.93. The molecule has 0 N–H and O–H groups in total. The van der Waals surface area contributed by atoms with Crippen molar-refractivity contribution in [3.05, 3.63) is 54.0 Å². The summed E-state index contributed by atoms with van der Waals surface area (Å²) in [5.74, 6) is 0.351. The van der Waals surface area contributed by atoms with Gasteiger partial charge >= 0.3 is 0 Å². The van der Waals surface area contributed by atoms with Crippen molar-refractivity contribution in [3.8, 4) is 11.4 Å². The maximum Gasteiger partial charge on any atom is 0.182 e. The number of hydrogen-bond donors (Lipinski definition) is 0. The Bertz CT molecular complexity index is 671. The predicted molar refractivity (Wildman–Crippen MR) is 63.1 cm³/mol. The normalized spacial score (nSPS) is 10.9. The second-order valence-electron chi connectivity index (χ2n) is 3.95. The number of aromatic nitrogens is 3. The fraction of sp³-hybridized carbons (Fsp3) is 0.0769. The lowest BCUT2D eigenvalue weighted by molar-refractivity contribution is 0.628. The molecule has 3 rings (SSSR count). The van der Waals surface area contributed by atoms with Gasteiger partial charge in [-0.15, -0.1) is 5.10 Å². The van der Waals surface area contributed by atoms with Crippen LogP contribution in [0.25, 0.3) is 17.0 Å². The van der Waals surface area contributed by atoms with Crippen molar-refractivity contribution in [1.29, 1.82) is 0 Å². The first-order valence-electron chi connectivity index (χ1n) is 5.31. The number of rotatable bonds is 1. The van der Waals surface area contributed by atoms with Crippen molar-refractivity contribution in [2.75, 3.05) is 0 Å². The molecule has 0 aliphatic rings. The number of hydrogen-bond acceptors (Lipinski definition) is 2. The number of benzene rings is 1. The Morgan fingerprint density at radius 1 is 1.12 bits per heavy atom. The van der Waals surface area contributed by atoms with E-state index >= 15 is 0 Å². The Kier molecular flexibility index (Phi) is 2.14. The summed E-state index contributed by atoms with van der Waals surface area (Å²) in [6, 6.07) is 10.1. The fourth-order valence-corrected chi connectivity index (χ4v) is 1.70. The summed E-state index contributed by atoms with van der Waals surface area (Å²) in [5, 5.41) is 4.34. The third-order valence-corrected chi connectivity index (χ3v) is 2.60. The van der Waals surface area contributed by atoms with Crippen LogP contribution in [0.4, 0.5) is 4.39 Å². The van der Waals surface area contributed by atoms with Crippen LogP contribution in [0, 0.1) is 12.7 Å². The zero-order chi connectivity index (χ0) is 11.8. The minimum atomic E-state index is -0.256. The topological polar surface area (TPSA) is 30.2 Å². The van der Waals surface area contributed by atoms with Crippen molar-refractivity contribution in [3.63, 3.8) is 0 Å². The molecule has 0 aliphatic carbocycles. The van der Waals surface area contributed by atoms with E-state index in [2.05, 4.69) is 10.1 Å². The van der Waals surface area contributed by atoms with Crippen molar-refractivity contribution >= 4 is 5.65 Å². The molecule has 2 heterocycles. The number of pyridine rings is 1. The Morgan fingerprint density at radius 3 is 2.65 bits per heavy atom. The number of nitrogens with zero attached hydrogens (tertiary/aromatic N) is 3. The fourth-order valence-electron chi connectivity index (χ4n) is 1.70. The first kappa shape index (κ1) is 9.96. The Morgan fingerprint density at radius 2 is 1.88 bits per heavy atom. The molecule has 4 heteroatoms. The Labute approximate surface area is 97.5 Å². The summed E-state index contributed by atoms with van der Waals surface area (Å²) in [6.07, 6.45) is 1.87. The van der Waals surface area contributed by atoms with E-state index in [0.29, 0.717) is 5.82 Å². The summed E-state index contributed by atoms with van der Waals surface area (Å²) in [4.78, 5) is 4.40. The van der Waals surface area contributed by atoms with E-state index in [1.807, 2.05) is 25.3 Å². The van der Waals surface area contributed by atoms with E-state index in [4.69, 9.17) is 0 Å². The molecule has 3 nitrogen and oxygen atoms in total. The zero-order valence-corrected chi connectivity index (χ0v) is 9.26. The number of fused-ring (bicyclic) bond motifs is 1. The molecule has 0 unspecified atom stereocenters. The average Bonchev–Trinajstić information content (AvgIpc) is 2.72. The molecule has 0 saturated carbocycles. The van der Waals surface area contributed by atoms with Crippen LogP contribution in [0.15, 0.2) is 42.6 Å². The van der Waals surface area contributed by atoms with Crippen LogP contribution < -0.4 is 0 Å². The van der Waals surface area contributed by atoms with Gasteiger partial charge in [0.2, 0.25) is 0 Å². The van der Waals surface area contributed by atoms with Crippen LogP contribution in [0.5, 0.6) is 0 Å². The second kappa shape index (κ2) is 3.66. The quantitative estimate of drug-likeness (QED) is 0.640. The zero-order valence-electron chi connectivity index (χ0n) is 9.26. The summed E-state index contributed by atoms with van der Waals surface area (Å²) in [7, 11) is 0. The molecule has 0 spiro atoms. The maximum absolute atomic E-state index is 12.8. The van der Waals surface area contributed by atoms with Gasteiger partial charge in [0.25, 0.3) is 0 Å². The maximum atomic E-state index is 12.8. The molecule has 84 valence electrons. The first-order valence-corrected chi connectivity index (χ1v) is 5.31. The van der Waals surface area contributed by atoms with Crippen molar-refractivity contribution < 1.29 is 4.39 Å². The van der Waals surface area contributed by atoms with Crippen LogP contribution in [-0.2, 0) is 0 Å². The standard InChI is InChI=1S/C13H10FN3/c1-9-6-7-17-12(8-9)15-13(16-17)10-2-4-11(14)5-3-10/h2-8H,1H3. The predicted octanol–water partition coefficient (Wildman–Crippen LogP) is 2.84. The monoisotopic (exact) mass is 227 g/mol. The minimum Gasteiger partial charge on any atom is -0.221 e. The summed E-state index contributed by atoms with van der Waals surface area (Å²) >= 11 is 0. The van der Waals surface area contributed by atoms with Crippen LogP contribution in [0.2, 0.25) is 0 Å². The van der Waals surface area contributed by atoms with Crippen LogP contribution >= 0.6 is 0 Å². The lowest BCUT2D eigenvalue weighted by Crippen LogP contribution is -1.86. The van der Waals surface area contributed by atoms with E-state index < -0.39 is 0 Å². The largest absolute Gasteiger partial charge is 0.221 e. The summed E-state index contributed by atoms with van der Waals surface area (Å²) < 4.78 is 14.5. The summed E-state index contributed by atoms with van der Waals surface area (Å²) in [5.41, 5.74) is 2.74. The third kappa shape index (κ3) is 1.78. The van der Waals surface area contributed by atoms with E-state index in [-0.39, 0.29) is 5.82 Å². The molecular formula is C13H10FN3. The molecule has 0 fully saturated rings. The van der Waals surface area contributed by atoms with Gasteiger partial charge in [-0.2, -0.15) is 0 Å². The van der Waals surface area contributed by atoms with Gasteiger partial charge in [-0.05, 0) is 48.9 Å². The van der Waals surface area contributed by atoms with Gasteiger partial charge in [0.15, 0.2) is 11.5 Å². The molecule has 0 bridgehead atoms. The van der Waals surface area contributed by atoms with Gasteiger partial charge in [0.05, 0.1) is 0 Å².